The van der Waals surface area contributed by atoms with Gasteiger partial charge in [0.1, 0.15) is 0 Å². The van der Waals surface area contributed by atoms with Crippen molar-refractivity contribution in [3.63, 3.8) is 0 Å². The first-order chi connectivity index (χ1) is 20.2. The van der Waals surface area contributed by atoms with E-state index in [0.29, 0.717) is 30.8 Å². The molecule has 1 unspecified atom stereocenters. The second-order valence-electron chi connectivity index (χ2n) is 12.7. The maximum Gasteiger partial charge on any atom is 0.318 e. The second kappa shape index (κ2) is 13.2. The van der Waals surface area contributed by atoms with Crippen LogP contribution in [0.2, 0.25) is 0 Å². The monoisotopic (exact) mass is 574 g/mol. The number of benzene rings is 1. The maximum atomic E-state index is 13.0. The van der Waals surface area contributed by atoms with Crippen molar-refractivity contribution in [1.29, 1.82) is 0 Å². The van der Waals surface area contributed by atoms with E-state index in [-0.39, 0.29) is 23.8 Å². The lowest BCUT2D eigenvalue weighted by Gasteiger charge is -2.42. The number of carbonyl (C=O) groups is 1. The lowest BCUT2D eigenvalue weighted by atomic mass is 9.95. The number of likely N-dealkylation sites (tertiary alicyclic amines) is 2. The number of anilines is 1. The quantitative estimate of drug-likeness (QED) is 0.329. The van der Waals surface area contributed by atoms with Crippen LogP contribution in [-0.4, -0.2) is 83.0 Å². The van der Waals surface area contributed by atoms with Gasteiger partial charge in [-0.3, -0.25) is 4.99 Å². The number of carbonyl (C=O) groups excluding carboxylic acids is 1. The lowest BCUT2D eigenvalue weighted by Crippen LogP contribution is -2.59. The van der Waals surface area contributed by atoms with Crippen LogP contribution in [0.1, 0.15) is 70.0 Å². The molecule has 1 aliphatic carbocycles. The fourth-order valence-corrected chi connectivity index (χ4v) is 5.87. The van der Waals surface area contributed by atoms with E-state index in [2.05, 4.69) is 45.8 Å². The van der Waals surface area contributed by atoms with E-state index in [1.54, 1.807) is 12.4 Å². The van der Waals surface area contributed by atoms with Gasteiger partial charge >= 0.3 is 6.03 Å². The number of piperidine rings is 1. The molecule has 0 radical (unpaired) electrons. The van der Waals surface area contributed by atoms with Crippen LogP contribution in [0, 0.1) is 0 Å². The maximum absolute atomic E-state index is 13.0. The SMILES string of the molecule is CN1CCC(N=C/C(=C\N)Nc2nccc(-c3ccc4c(c3)CCCCC4NC(=O)N3CC(OC(C)(C)C)C3)n2)CC1. The summed E-state index contributed by atoms with van der Waals surface area (Å²) in [6.07, 6.45) is 11.3. The number of aromatic nitrogens is 2. The van der Waals surface area contributed by atoms with Crippen molar-refractivity contribution in [2.24, 2.45) is 10.7 Å². The summed E-state index contributed by atoms with van der Waals surface area (Å²) in [5.74, 6) is 0.474. The van der Waals surface area contributed by atoms with Crippen LogP contribution in [0.3, 0.4) is 0 Å². The summed E-state index contributed by atoms with van der Waals surface area (Å²) in [6.45, 7) is 9.53. The minimum absolute atomic E-state index is 0.00429. The molecule has 2 aliphatic heterocycles. The molecule has 2 aromatic rings. The third kappa shape index (κ3) is 7.86. The zero-order valence-corrected chi connectivity index (χ0v) is 25.5. The van der Waals surface area contributed by atoms with Gasteiger partial charge in [0.25, 0.3) is 0 Å². The Morgan fingerprint density at radius 3 is 2.67 bits per heavy atom. The molecule has 5 rings (SSSR count). The number of ether oxygens (including phenoxy) is 1. The lowest BCUT2D eigenvalue weighted by molar-refractivity contribution is -0.111. The first-order valence-corrected chi connectivity index (χ1v) is 15.3. The van der Waals surface area contributed by atoms with Crippen LogP contribution in [0.25, 0.3) is 11.3 Å². The van der Waals surface area contributed by atoms with Crippen LogP contribution >= 0.6 is 0 Å². The number of nitrogens with one attached hydrogen (secondary N) is 2. The molecule has 1 aromatic carbocycles. The largest absolute Gasteiger partial charge is 0.403 e. The highest BCUT2D eigenvalue weighted by atomic mass is 16.5. The summed E-state index contributed by atoms with van der Waals surface area (Å²) in [7, 11) is 2.14. The first-order valence-electron chi connectivity index (χ1n) is 15.3. The van der Waals surface area contributed by atoms with E-state index < -0.39 is 0 Å². The predicted octanol–water partition coefficient (Wildman–Crippen LogP) is 4.50. The molecule has 2 fully saturated rings. The standard InChI is InChI=1S/C32H46N8O2/c1-32(2,3)42-26-20-40(21-26)31(41)38-29-8-6-5-7-22-17-23(9-10-27(22)29)28-11-14-34-30(37-28)36-25(18-33)19-35-24-12-15-39(4)16-13-24/h9-11,14,17-19,24,26,29H,5-8,12-13,15-16,20-21,33H2,1-4H3,(H,38,41)(H,34,36,37)/b25-18+,35-19?. The smallest absolute Gasteiger partial charge is 0.318 e. The first kappa shape index (κ1) is 30.0. The molecule has 2 amide bonds. The van der Waals surface area contributed by atoms with Crippen LogP contribution in [0.15, 0.2) is 47.4 Å². The minimum Gasteiger partial charge on any atom is -0.403 e. The Bertz CT molecular complexity index is 1290. The topological polar surface area (TPSA) is 121 Å². The van der Waals surface area contributed by atoms with Crippen LogP contribution in [-0.2, 0) is 11.2 Å². The molecule has 0 saturated carbocycles. The van der Waals surface area contributed by atoms with Crippen molar-refractivity contribution in [3.8, 4) is 11.3 Å². The van der Waals surface area contributed by atoms with Gasteiger partial charge in [-0.25, -0.2) is 14.8 Å². The fraction of sp³-hybridized carbons (Fsp3) is 0.562. The molecule has 3 aliphatic rings. The summed E-state index contributed by atoms with van der Waals surface area (Å²) < 4.78 is 6.00. The highest BCUT2D eigenvalue weighted by Crippen LogP contribution is 2.32. The van der Waals surface area contributed by atoms with Crippen molar-refractivity contribution in [2.75, 3.05) is 38.5 Å². The van der Waals surface area contributed by atoms with Crippen molar-refractivity contribution >= 4 is 18.2 Å². The third-order valence-electron chi connectivity index (χ3n) is 8.16. The number of aryl methyl sites for hydroxylation is 1. The van der Waals surface area contributed by atoms with Gasteiger partial charge in [-0.05, 0) is 96.3 Å². The average molecular weight is 575 g/mol. The molecule has 10 nitrogen and oxygen atoms in total. The molecule has 1 atom stereocenters. The van der Waals surface area contributed by atoms with Crippen molar-refractivity contribution in [1.82, 2.24) is 25.1 Å². The van der Waals surface area contributed by atoms with E-state index in [1.807, 2.05) is 31.7 Å². The molecular formula is C32H46N8O2. The molecule has 226 valence electrons. The van der Waals surface area contributed by atoms with Gasteiger partial charge in [0.2, 0.25) is 5.95 Å². The normalized spacial score (nSPS) is 21.1. The summed E-state index contributed by atoms with van der Waals surface area (Å²) in [4.78, 5) is 31.1. The molecule has 4 N–H and O–H groups in total. The fourth-order valence-electron chi connectivity index (χ4n) is 5.87. The van der Waals surface area contributed by atoms with Gasteiger partial charge in [-0.15, -0.1) is 0 Å². The Morgan fingerprint density at radius 2 is 1.93 bits per heavy atom. The number of allylic oxidation sites excluding steroid dienone is 1. The molecule has 42 heavy (non-hydrogen) atoms. The average Bonchev–Trinajstić information content (AvgIpc) is 3.14. The van der Waals surface area contributed by atoms with Gasteiger partial charge in [0.15, 0.2) is 0 Å². The summed E-state index contributed by atoms with van der Waals surface area (Å²) in [5, 5.41) is 6.52. The van der Waals surface area contributed by atoms with E-state index in [1.165, 1.54) is 17.3 Å². The molecular weight excluding hydrogens is 528 g/mol. The molecule has 3 heterocycles. The third-order valence-corrected chi connectivity index (χ3v) is 8.16. The predicted molar refractivity (Wildman–Crippen MR) is 167 cm³/mol. The van der Waals surface area contributed by atoms with Gasteiger partial charge in [0.05, 0.1) is 48.3 Å². The van der Waals surface area contributed by atoms with E-state index >= 15 is 0 Å². The number of hydrogen-bond donors (Lipinski definition) is 3. The summed E-state index contributed by atoms with van der Waals surface area (Å²) >= 11 is 0. The van der Waals surface area contributed by atoms with E-state index in [0.717, 1.165) is 62.9 Å². The number of rotatable bonds is 7. The Hall–Kier alpha value is -3.50. The minimum atomic E-state index is -0.199. The number of fused-ring (bicyclic) bond motifs is 1. The summed E-state index contributed by atoms with van der Waals surface area (Å²) in [5.41, 5.74) is 10.7. The van der Waals surface area contributed by atoms with Gasteiger partial charge in [0, 0.05) is 24.2 Å². The van der Waals surface area contributed by atoms with Gasteiger partial charge in [-0.1, -0.05) is 18.6 Å². The van der Waals surface area contributed by atoms with Crippen LogP contribution in [0.5, 0.6) is 0 Å². The van der Waals surface area contributed by atoms with E-state index in [9.17, 15) is 4.79 Å². The van der Waals surface area contributed by atoms with Crippen LogP contribution < -0.4 is 16.4 Å². The van der Waals surface area contributed by atoms with Crippen molar-refractivity contribution in [2.45, 2.75) is 83.1 Å². The van der Waals surface area contributed by atoms with Gasteiger partial charge in [-0.2, -0.15) is 0 Å². The van der Waals surface area contributed by atoms with Crippen molar-refractivity contribution < 1.29 is 9.53 Å². The molecule has 0 bridgehead atoms. The number of nitrogens with zero attached hydrogens (tertiary/aromatic N) is 5. The Kier molecular flexibility index (Phi) is 9.43. The number of aliphatic imine (C=N–C) groups is 1. The molecule has 1 aromatic heterocycles. The Labute approximate surface area is 249 Å². The van der Waals surface area contributed by atoms with E-state index in [4.69, 9.17) is 20.4 Å². The van der Waals surface area contributed by atoms with Gasteiger partial charge < -0.3 is 30.9 Å². The zero-order chi connectivity index (χ0) is 29.7. The second-order valence-corrected chi connectivity index (χ2v) is 12.7. The molecule has 0 spiro atoms. The number of hydrogen-bond acceptors (Lipinski definition) is 8. The zero-order valence-electron chi connectivity index (χ0n) is 25.5. The number of nitrogens with two attached hydrogens (primary N) is 1. The summed E-state index contributed by atoms with van der Waals surface area (Å²) in [6, 6.07) is 8.66. The Morgan fingerprint density at radius 1 is 1.14 bits per heavy atom. The molecule has 2 saturated heterocycles. The highest BCUT2D eigenvalue weighted by molar-refractivity contribution is 5.82. The Balaban J connectivity index is 1.23. The molecule has 10 heteroatoms. The highest BCUT2D eigenvalue weighted by Gasteiger charge is 2.35. The number of amides is 2. The number of urea groups is 1. The van der Waals surface area contributed by atoms with Crippen molar-refractivity contribution in [3.05, 3.63) is 53.5 Å². The van der Waals surface area contributed by atoms with Crippen LogP contribution in [0.4, 0.5) is 10.7 Å².